The summed E-state index contributed by atoms with van der Waals surface area (Å²) in [5.74, 6) is 0.0338. The van der Waals surface area contributed by atoms with Crippen LogP contribution < -0.4 is 5.32 Å². The SMILES string of the molecule is C=C/C(=C\C=C/C)c1[nH]ncc1C(=O)N1CCC(NC)CC1. The molecule has 0 spiro atoms. The number of carbonyl (C=O) groups is 1. The van der Waals surface area contributed by atoms with E-state index < -0.39 is 0 Å². The fourth-order valence-corrected chi connectivity index (χ4v) is 2.66. The zero-order chi connectivity index (χ0) is 15.9. The lowest BCUT2D eigenvalue weighted by molar-refractivity contribution is 0.0707. The van der Waals surface area contributed by atoms with E-state index in [2.05, 4.69) is 22.1 Å². The predicted octanol–water partition coefficient (Wildman–Crippen LogP) is 2.38. The normalized spacial score (nSPS) is 17.2. The van der Waals surface area contributed by atoms with E-state index in [4.69, 9.17) is 0 Å². The first-order valence-corrected chi connectivity index (χ1v) is 7.67. The van der Waals surface area contributed by atoms with Gasteiger partial charge < -0.3 is 10.2 Å². The topological polar surface area (TPSA) is 61.0 Å². The molecule has 1 aliphatic rings. The number of nitrogens with one attached hydrogen (secondary N) is 2. The van der Waals surface area contributed by atoms with Gasteiger partial charge in [-0.3, -0.25) is 9.89 Å². The Bertz CT molecular complexity index is 577. The van der Waals surface area contributed by atoms with Crippen molar-refractivity contribution in [2.75, 3.05) is 20.1 Å². The van der Waals surface area contributed by atoms with Crippen molar-refractivity contribution in [1.82, 2.24) is 20.4 Å². The van der Waals surface area contributed by atoms with E-state index in [1.165, 1.54) is 0 Å². The lowest BCUT2D eigenvalue weighted by Crippen LogP contribution is -2.44. The summed E-state index contributed by atoms with van der Waals surface area (Å²) in [6.45, 7) is 7.32. The molecule has 0 aromatic carbocycles. The third-order valence-corrected chi connectivity index (χ3v) is 4.04. The number of piperidine rings is 1. The highest BCUT2D eigenvalue weighted by Crippen LogP contribution is 2.21. The van der Waals surface area contributed by atoms with Crippen LogP contribution in [0.15, 0.2) is 37.1 Å². The Morgan fingerprint density at radius 3 is 2.82 bits per heavy atom. The van der Waals surface area contributed by atoms with Gasteiger partial charge in [0, 0.05) is 19.1 Å². The van der Waals surface area contributed by atoms with E-state index in [1.54, 1.807) is 12.3 Å². The quantitative estimate of drug-likeness (QED) is 0.821. The molecule has 1 saturated heterocycles. The number of aromatic nitrogens is 2. The molecule has 5 nitrogen and oxygen atoms in total. The Hall–Kier alpha value is -2.14. The number of hydrogen-bond acceptors (Lipinski definition) is 3. The standard InChI is InChI=1S/C17H24N4O/c1-4-6-7-13(5-2)16-15(12-19-20-16)17(22)21-10-8-14(18-3)9-11-21/h4-7,12,14,18H,2,8-11H2,1,3H3,(H,19,20)/b6-4-,13-7+. The zero-order valence-corrected chi connectivity index (χ0v) is 13.3. The highest BCUT2D eigenvalue weighted by Gasteiger charge is 2.25. The molecule has 0 saturated carbocycles. The molecule has 0 bridgehead atoms. The highest BCUT2D eigenvalue weighted by atomic mass is 16.2. The fourth-order valence-electron chi connectivity index (χ4n) is 2.66. The minimum atomic E-state index is 0.0338. The maximum atomic E-state index is 12.7. The Morgan fingerprint density at radius 2 is 2.23 bits per heavy atom. The van der Waals surface area contributed by atoms with Crippen molar-refractivity contribution in [1.29, 1.82) is 0 Å². The van der Waals surface area contributed by atoms with Crippen molar-refractivity contribution in [2.45, 2.75) is 25.8 Å². The summed E-state index contributed by atoms with van der Waals surface area (Å²) in [5, 5.41) is 10.2. The van der Waals surface area contributed by atoms with Gasteiger partial charge in [0.25, 0.3) is 5.91 Å². The second-order valence-electron chi connectivity index (χ2n) is 5.37. The van der Waals surface area contributed by atoms with E-state index in [9.17, 15) is 4.79 Å². The number of aromatic amines is 1. The smallest absolute Gasteiger partial charge is 0.257 e. The lowest BCUT2D eigenvalue weighted by atomic mass is 10.0. The highest BCUT2D eigenvalue weighted by molar-refractivity contribution is 5.99. The maximum Gasteiger partial charge on any atom is 0.257 e. The zero-order valence-electron chi connectivity index (χ0n) is 13.3. The molecule has 1 aliphatic heterocycles. The Kier molecular flexibility index (Phi) is 5.72. The minimum absolute atomic E-state index is 0.0338. The number of amides is 1. The van der Waals surface area contributed by atoms with E-state index in [-0.39, 0.29) is 5.91 Å². The van der Waals surface area contributed by atoms with Crippen LogP contribution in [0.3, 0.4) is 0 Å². The van der Waals surface area contributed by atoms with Crippen LogP contribution in [0.1, 0.15) is 35.8 Å². The Balaban J connectivity index is 2.18. The van der Waals surface area contributed by atoms with Crippen LogP contribution >= 0.6 is 0 Å². The molecule has 1 amide bonds. The largest absolute Gasteiger partial charge is 0.338 e. The van der Waals surface area contributed by atoms with E-state index in [0.29, 0.717) is 11.6 Å². The first-order valence-electron chi connectivity index (χ1n) is 7.67. The number of likely N-dealkylation sites (tertiary alicyclic amines) is 1. The predicted molar refractivity (Wildman–Crippen MR) is 89.6 cm³/mol. The molecule has 2 rings (SSSR count). The molecule has 118 valence electrons. The van der Waals surface area contributed by atoms with Crippen molar-refractivity contribution < 1.29 is 4.79 Å². The van der Waals surface area contributed by atoms with Crippen LogP contribution in [0, 0.1) is 0 Å². The number of carbonyl (C=O) groups excluding carboxylic acids is 1. The Morgan fingerprint density at radius 1 is 1.50 bits per heavy atom. The number of allylic oxidation sites excluding steroid dienone is 5. The van der Waals surface area contributed by atoms with Crippen LogP contribution in [-0.2, 0) is 0 Å². The van der Waals surface area contributed by atoms with Crippen molar-refractivity contribution in [3.63, 3.8) is 0 Å². The number of rotatable bonds is 5. The van der Waals surface area contributed by atoms with Crippen molar-refractivity contribution >= 4 is 11.5 Å². The molecular weight excluding hydrogens is 276 g/mol. The van der Waals surface area contributed by atoms with Gasteiger partial charge in [-0.25, -0.2) is 0 Å². The van der Waals surface area contributed by atoms with Gasteiger partial charge in [0.1, 0.15) is 0 Å². The van der Waals surface area contributed by atoms with Gasteiger partial charge in [-0.15, -0.1) is 0 Å². The monoisotopic (exact) mass is 300 g/mol. The molecule has 0 radical (unpaired) electrons. The maximum absolute atomic E-state index is 12.7. The first-order chi connectivity index (χ1) is 10.7. The minimum Gasteiger partial charge on any atom is -0.338 e. The summed E-state index contributed by atoms with van der Waals surface area (Å²) >= 11 is 0. The lowest BCUT2D eigenvalue weighted by Gasteiger charge is -2.31. The molecule has 0 aliphatic carbocycles. The number of H-pyrrole nitrogens is 1. The van der Waals surface area contributed by atoms with Gasteiger partial charge in [0.2, 0.25) is 0 Å². The molecule has 1 aromatic heterocycles. The van der Waals surface area contributed by atoms with E-state index >= 15 is 0 Å². The van der Waals surface area contributed by atoms with E-state index in [0.717, 1.165) is 37.2 Å². The van der Waals surface area contributed by atoms with Crippen LogP contribution in [0.4, 0.5) is 0 Å². The molecule has 5 heteroatoms. The molecule has 2 heterocycles. The third-order valence-electron chi connectivity index (χ3n) is 4.04. The summed E-state index contributed by atoms with van der Waals surface area (Å²) in [7, 11) is 1.97. The number of nitrogens with zero attached hydrogens (tertiary/aromatic N) is 2. The van der Waals surface area contributed by atoms with Crippen molar-refractivity contribution in [3.8, 4) is 0 Å². The van der Waals surface area contributed by atoms with Crippen LogP contribution in [-0.4, -0.2) is 47.2 Å². The molecule has 1 aromatic rings. The van der Waals surface area contributed by atoms with Gasteiger partial charge in [-0.2, -0.15) is 5.10 Å². The summed E-state index contributed by atoms with van der Waals surface area (Å²) < 4.78 is 0. The second kappa shape index (κ2) is 7.75. The van der Waals surface area contributed by atoms with Crippen LogP contribution in [0.25, 0.3) is 5.57 Å². The van der Waals surface area contributed by atoms with Gasteiger partial charge in [0.05, 0.1) is 17.5 Å². The third kappa shape index (κ3) is 3.54. The number of hydrogen-bond donors (Lipinski definition) is 2. The molecule has 1 fully saturated rings. The average Bonchev–Trinajstić information content (AvgIpc) is 3.04. The fraction of sp³-hybridized carbons (Fsp3) is 0.412. The van der Waals surface area contributed by atoms with E-state index in [1.807, 2.05) is 37.1 Å². The van der Waals surface area contributed by atoms with Crippen LogP contribution in [0.5, 0.6) is 0 Å². The average molecular weight is 300 g/mol. The molecule has 0 unspecified atom stereocenters. The van der Waals surface area contributed by atoms with Crippen LogP contribution in [0.2, 0.25) is 0 Å². The molecule has 2 N–H and O–H groups in total. The first kappa shape index (κ1) is 16.2. The molecular formula is C17H24N4O. The summed E-state index contributed by atoms with van der Waals surface area (Å²) in [6, 6.07) is 0.506. The molecule has 0 atom stereocenters. The van der Waals surface area contributed by atoms with Gasteiger partial charge in [0.15, 0.2) is 0 Å². The van der Waals surface area contributed by atoms with Crippen molar-refractivity contribution in [2.24, 2.45) is 0 Å². The van der Waals surface area contributed by atoms with Crippen molar-refractivity contribution in [3.05, 3.63) is 48.3 Å². The second-order valence-corrected chi connectivity index (χ2v) is 5.37. The summed E-state index contributed by atoms with van der Waals surface area (Å²) in [5.41, 5.74) is 2.21. The van der Waals surface area contributed by atoms with Gasteiger partial charge >= 0.3 is 0 Å². The summed E-state index contributed by atoms with van der Waals surface area (Å²) in [4.78, 5) is 14.6. The van der Waals surface area contributed by atoms with Gasteiger partial charge in [-0.05, 0) is 32.4 Å². The molecule has 22 heavy (non-hydrogen) atoms. The van der Waals surface area contributed by atoms with Gasteiger partial charge in [-0.1, -0.05) is 30.9 Å². The summed E-state index contributed by atoms with van der Waals surface area (Å²) in [6.07, 6.45) is 11.1. The Labute approximate surface area is 131 Å².